The third-order valence-corrected chi connectivity index (χ3v) is 9.77. The van der Waals surface area contributed by atoms with E-state index < -0.39 is 5.92 Å². The number of aryl methyl sites for hydroxylation is 2. The maximum atomic E-state index is 14.2. The Balaban J connectivity index is 1.47. The molecular formula is C41H47NO4. The molecule has 0 amide bonds. The molecule has 3 aliphatic rings. The second-order valence-electron chi connectivity index (χ2n) is 15.0. The smallest absolute Gasteiger partial charge is 0.162 e. The van der Waals surface area contributed by atoms with E-state index in [2.05, 4.69) is 88.9 Å². The second kappa shape index (κ2) is 12.2. The molecule has 0 fully saturated rings. The van der Waals surface area contributed by atoms with Crippen LogP contribution in [-0.4, -0.2) is 23.1 Å². The first-order chi connectivity index (χ1) is 21.9. The summed E-state index contributed by atoms with van der Waals surface area (Å²) in [5, 5.41) is 0. The van der Waals surface area contributed by atoms with E-state index in [1.165, 1.54) is 11.1 Å². The number of rotatable bonds is 8. The molecule has 0 radical (unpaired) electrons. The summed E-state index contributed by atoms with van der Waals surface area (Å²) in [7, 11) is 0. The third-order valence-electron chi connectivity index (χ3n) is 9.77. The Morgan fingerprint density at radius 3 is 1.91 bits per heavy atom. The Kier molecular flexibility index (Phi) is 8.47. The van der Waals surface area contributed by atoms with Gasteiger partial charge in [-0.1, -0.05) is 82.3 Å². The van der Waals surface area contributed by atoms with Crippen LogP contribution in [0.25, 0.3) is 0 Å². The second-order valence-corrected chi connectivity index (χ2v) is 15.0. The van der Waals surface area contributed by atoms with Gasteiger partial charge in [-0.25, -0.2) is 0 Å². The van der Waals surface area contributed by atoms with E-state index in [4.69, 9.17) is 9.47 Å². The van der Waals surface area contributed by atoms with Crippen molar-refractivity contribution in [2.75, 3.05) is 6.61 Å². The monoisotopic (exact) mass is 617 g/mol. The molecule has 0 spiro atoms. The molecule has 6 rings (SSSR count). The molecular weight excluding hydrogens is 570 g/mol. The normalized spacial score (nSPS) is 19.2. The van der Waals surface area contributed by atoms with Crippen molar-refractivity contribution in [3.05, 3.63) is 117 Å². The molecule has 3 aromatic carbocycles. The van der Waals surface area contributed by atoms with Crippen molar-refractivity contribution in [3.63, 3.8) is 0 Å². The van der Waals surface area contributed by atoms with Gasteiger partial charge in [-0.2, -0.15) is 0 Å². The van der Waals surface area contributed by atoms with Gasteiger partial charge in [-0.15, -0.1) is 0 Å². The lowest BCUT2D eigenvalue weighted by Gasteiger charge is -2.49. The maximum absolute atomic E-state index is 14.2. The van der Waals surface area contributed by atoms with Gasteiger partial charge in [0.25, 0.3) is 0 Å². The molecule has 5 nitrogen and oxygen atoms in total. The van der Waals surface area contributed by atoms with Gasteiger partial charge < -0.3 is 14.4 Å². The van der Waals surface area contributed by atoms with Crippen molar-refractivity contribution < 1.29 is 19.1 Å². The van der Waals surface area contributed by atoms with Crippen LogP contribution in [0, 0.1) is 24.7 Å². The molecule has 0 unspecified atom stereocenters. The third kappa shape index (κ3) is 6.29. The van der Waals surface area contributed by atoms with Gasteiger partial charge in [-0.05, 0) is 84.4 Å². The first kappa shape index (κ1) is 31.8. The lowest BCUT2D eigenvalue weighted by molar-refractivity contribution is -0.119. The largest absolute Gasteiger partial charge is 0.490 e. The van der Waals surface area contributed by atoms with Gasteiger partial charge in [0.05, 0.1) is 6.61 Å². The number of hydrogen-bond acceptors (Lipinski definition) is 5. The lowest BCUT2D eigenvalue weighted by Crippen LogP contribution is -2.44. The average Bonchev–Trinajstić information content (AvgIpc) is 2.98. The Bertz CT molecular complexity index is 1690. The molecule has 2 aliphatic carbocycles. The van der Waals surface area contributed by atoms with Gasteiger partial charge in [0.2, 0.25) is 0 Å². The SMILES string of the molecule is CCOc1cc(C2C3=C(CC(C)(C)CC3=O)N(Cc3ccccc3)C3=C2C(=O)CC(C)(C)C3)ccc1OCc1ccc(C)c(C)c1. The summed E-state index contributed by atoms with van der Waals surface area (Å²) in [5.41, 5.74) is 8.96. The van der Waals surface area contributed by atoms with E-state index in [9.17, 15) is 9.59 Å². The van der Waals surface area contributed by atoms with Crippen molar-refractivity contribution in [1.82, 2.24) is 4.90 Å². The first-order valence-corrected chi connectivity index (χ1v) is 16.7. The first-order valence-electron chi connectivity index (χ1n) is 16.7. The zero-order valence-corrected chi connectivity index (χ0v) is 28.5. The molecule has 0 N–H and O–H groups in total. The minimum atomic E-state index is -0.433. The van der Waals surface area contributed by atoms with Crippen LogP contribution >= 0.6 is 0 Å². The molecule has 1 heterocycles. The maximum Gasteiger partial charge on any atom is 0.162 e. The highest BCUT2D eigenvalue weighted by Gasteiger charge is 2.49. The van der Waals surface area contributed by atoms with E-state index in [1.54, 1.807) is 0 Å². The predicted molar refractivity (Wildman–Crippen MR) is 183 cm³/mol. The predicted octanol–water partition coefficient (Wildman–Crippen LogP) is 9.17. The van der Waals surface area contributed by atoms with Crippen molar-refractivity contribution in [1.29, 1.82) is 0 Å². The van der Waals surface area contributed by atoms with Crippen LogP contribution in [0.3, 0.4) is 0 Å². The molecule has 3 aromatic rings. The number of carbonyl (C=O) groups excluding carboxylic acids is 2. The van der Waals surface area contributed by atoms with Gasteiger partial charge in [0.15, 0.2) is 23.1 Å². The van der Waals surface area contributed by atoms with Crippen LogP contribution in [0.2, 0.25) is 0 Å². The Morgan fingerprint density at radius 2 is 1.33 bits per heavy atom. The van der Waals surface area contributed by atoms with E-state index in [1.807, 2.05) is 31.2 Å². The number of ether oxygens (including phenoxy) is 2. The summed E-state index contributed by atoms with van der Waals surface area (Å²) in [4.78, 5) is 30.8. The fourth-order valence-corrected chi connectivity index (χ4v) is 7.48. The summed E-state index contributed by atoms with van der Waals surface area (Å²) < 4.78 is 12.5. The van der Waals surface area contributed by atoms with E-state index in [0.717, 1.165) is 52.1 Å². The number of nitrogens with zero attached hydrogens (tertiary/aromatic N) is 1. The molecule has 46 heavy (non-hydrogen) atoms. The van der Waals surface area contributed by atoms with Crippen LogP contribution in [0.15, 0.2) is 89.3 Å². The summed E-state index contributed by atoms with van der Waals surface area (Å²) in [6.07, 6.45) is 2.47. The van der Waals surface area contributed by atoms with Crippen molar-refractivity contribution >= 4 is 11.6 Å². The molecule has 1 aliphatic heterocycles. The van der Waals surface area contributed by atoms with Gasteiger partial charge in [-0.3, -0.25) is 9.59 Å². The molecule has 5 heteroatoms. The number of Topliss-reactive ketones (excluding diaryl/α,β-unsaturated/α-hetero) is 2. The van der Waals surface area contributed by atoms with Crippen LogP contribution in [0.5, 0.6) is 11.5 Å². The van der Waals surface area contributed by atoms with Crippen molar-refractivity contribution in [2.24, 2.45) is 10.8 Å². The summed E-state index contributed by atoms with van der Waals surface area (Å²) in [6.45, 7) is 16.4. The van der Waals surface area contributed by atoms with Crippen LogP contribution in [-0.2, 0) is 22.7 Å². The van der Waals surface area contributed by atoms with Crippen LogP contribution in [0.4, 0.5) is 0 Å². The van der Waals surface area contributed by atoms with E-state index in [0.29, 0.717) is 44.1 Å². The Morgan fingerprint density at radius 1 is 0.696 bits per heavy atom. The Hall–Kier alpha value is -4.12. The highest BCUT2D eigenvalue weighted by molar-refractivity contribution is 6.06. The number of allylic oxidation sites excluding steroid dienone is 4. The number of hydrogen-bond donors (Lipinski definition) is 0. The molecule has 0 saturated heterocycles. The highest BCUT2D eigenvalue weighted by Crippen LogP contribution is 2.55. The summed E-state index contributed by atoms with van der Waals surface area (Å²) >= 11 is 0. The van der Waals surface area contributed by atoms with Gasteiger partial charge >= 0.3 is 0 Å². The fraction of sp³-hybridized carbons (Fsp3) is 0.415. The number of benzene rings is 3. The molecule has 0 atom stereocenters. The minimum Gasteiger partial charge on any atom is -0.490 e. The van der Waals surface area contributed by atoms with Gasteiger partial charge in [0.1, 0.15) is 6.61 Å². The van der Waals surface area contributed by atoms with E-state index >= 15 is 0 Å². The summed E-state index contributed by atoms with van der Waals surface area (Å²) in [5.74, 6) is 1.11. The van der Waals surface area contributed by atoms with Crippen molar-refractivity contribution in [2.45, 2.75) is 93.2 Å². The lowest BCUT2D eigenvalue weighted by atomic mass is 9.63. The standard InChI is InChI=1S/C41H47NO4/c1-8-45-36-19-30(16-17-35(36)46-25-29-15-14-26(2)27(3)18-29)37-38-31(20-40(4,5)22-33(38)43)42(24-28-12-10-9-11-13-28)32-21-41(6,7)23-34(44)39(32)37/h9-19,37H,8,20-25H2,1-7H3. The zero-order chi connectivity index (χ0) is 32.8. The zero-order valence-electron chi connectivity index (χ0n) is 28.5. The molecule has 0 bridgehead atoms. The summed E-state index contributed by atoms with van der Waals surface area (Å²) in [6, 6.07) is 22.7. The fourth-order valence-electron chi connectivity index (χ4n) is 7.48. The molecule has 0 aromatic heterocycles. The topological polar surface area (TPSA) is 55.8 Å². The van der Waals surface area contributed by atoms with E-state index in [-0.39, 0.29) is 22.4 Å². The van der Waals surface area contributed by atoms with Crippen LogP contribution in [0.1, 0.15) is 94.0 Å². The quantitative estimate of drug-likeness (QED) is 0.252. The molecule has 0 saturated carbocycles. The minimum absolute atomic E-state index is 0.131. The van der Waals surface area contributed by atoms with Crippen LogP contribution < -0.4 is 9.47 Å². The van der Waals surface area contributed by atoms with Crippen molar-refractivity contribution in [3.8, 4) is 11.5 Å². The van der Waals surface area contributed by atoms with Gasteiger partial charge in [0, 0.05) is 47.8 Å². The number of carbonyl (C=O) groups is 2. The molecule has 240 valence electrons. The Labute approximate surface area is 274 Å². The average molecular weight is 618 g/mol. The highest BCUT2D eigenvalue weighted by atomic mass is 16.5. The number of ketones is 2.